The fraction of sp³-hybridized carbons (Fsp3) is 0.448. The highest BCUT2D eigenvalue weighted by Crippen LogP contribution is 2.42. The summed E-state index contributed by atoms with van der Waals surface area (Å²) in [6.45, 7) is 11.0. The SMILES string of the molecule is COc1ccc(C2c3c(c4cc(S(C)(=O)=O)ccc4n3C(=O)OC(C)(C)C)CCN2C(=O)OC(C)(C)C)cc1. The average Bonchev–Trinajstić information content (AvgIpc) is 3.15. The first kappa shape index (κ1) is 28.5. The van der Waals surface area contributed by atoms with Crippen molar-refractivity contribution in [3.8, 4) is 5.75 Å². The summed E-state index contributed by atoms with van der Waals surface area (Å²) in [4.78, 5) is 29.0. The Morgan fingerprint density at radius 3 is 2.03 bits per heavy atom. The van der Waals surface area contributed by atoms with Crippen LogP contribution in [0, 0.1) is 0 Å². The van der Waals surface area contributed by atoms with Crippen LogP contribution in [0.3, 0.4) is 0 Å². The molecule has 0 N–H and O–H groups in total. The molecule has 1 amide bonds. The number of benzene rings is 2. The molecule has 1 aliphatic heterocycles. The summed E-state index contributed by atoms with van der Waals surface area (Å²) in [5, 5.41) is 0.626. The minimum absolute atomic E-state index is 0.148. The Kier molecular flexibility index (Phi) is 7.23. The van der Waals surface area contributed by atoms with E-state index < -0.39 is 39.3 Å². The van der Waals surface area contributed by atoms with E-state index in [1.54, 1.807) is 77.8 Å². The number of aromatic nitrogens is 1. The van der Waals surface area contributed by atoms with Gasteiger partial charge in [-0.05, 0) is 89.4 Å². The van der Waals surface area contributed by atoms with Crippen LogP contribution in [0.2, 0.25) is 0 Å². The van der Waals surface area contributed by atoms with Crippen molar-refractivity contribution in [2.24, 2.45) is 0 Å². The number of carbonyl (C=O) groups excluding carboxylic acids is 2. The van der Waals surface area contributed by atoms with Gasteiger partial charge in [0, 0.05) is 18.2 Å². The van der Waals surface area contributed by atoms with Gasteiger partial charge in [-0.1, -0.05) is 12.1 Å². The van der Waals surface area contributed by atoms with Gasteiger partial charge >= 0.3 is 12.2 Å². The molecule has 1 aromatic heterocycles. The topological polar surface area (TPSA) is 104 Å². The second-order valence-corrected chi connectivity index (χ2v) is 13.7. The highest BCUT2D eigenvalue weighted by molar-refractivity contribution is 7.90. The molecule has 0 saturated heterocycles. The minimum Gasteiger partial charge on any atom is -0.497 e. The normalized spacial score (nSPS) is 16.1. The van der Waals surface area contributed by atoms with Crippen LogP contribution in [0.25, 0.3) is 10.9 Å². The smallest absolute Gasteiger partial charge is 0.419 e. The molecule has 1 atom stereocenters. The molecule has 210 valence electrons. The third-order valence-corrected chi connectivity index (χ3v) is 7.43. The minimum atomic E-state index is -3.50. The summed E-state index contributed by atoms with van der Waals surface area (Å²) < 4.78 is 43.2. The monoisotopic (exact) mass is 556 g/mol. The van der Waals surface area contributed by atoms with Crippen LogP contribution >= 0.6 is 0 Å². The zero-order valence-corrected chi connectivity index (χ0v) is 24.5. The molecule has 0 aliphatic carbocycles. The largest absolute Gasteiger partial charge is 0.497 e. The van der Waals surface area contributed by atoms with E-state index in [0.717, 1.165) is 17.4 Å². The van der Waals surface area contributed by atoms with Gasteiger partial charge in [-0.3, -0.25) is 4.90 Å². The molecule has 2 aromatic carbocycles. The Balaban J connectivity index is 2.03. The number of nitrogens with zero attached hydrogens (tertiary/aromatic N) is 2. The Morgan fingerprint density at radius 1 is 0.897 bits per heavy atom. The summed E-state index contributed by atoms with van der Waals surface area (Å²) in [6, 6.07) is 11.3. The summed E-state index contributed by atoms with van der Waals surface area (Å²) >= 11 is 0. The quantitative estimate of drug-likeness (QED) is 0.406. The molecule has 0 radical (unpaired) electrons. The van der Waals surface area contributed by atoms with Crippen LogP contribution in [-0.2, 0) is 25.7 Å². The van der Waals surface area contributed by atoms with Gasteiger partial charge in [0.15, 0.2) is 9.84 Å². The van der Waals surface area contributed by atoms with Crippen LogP contribution in [0.4, 0.5) is 9.59 Å². The van der Waals surface area contributed by atoms with Crippen molar-refractivity contribution >= 4 is 32.9 Å². The summed E-state index contributed by atoms with van der Waals surface area (Å²) in [5.74, 6) is 0.643. The number of ether oxygens (including phenoxy) is 3. The first-order valence-electron chi connectivity index (χ1n) is 12.7. The second kappa shape index (κ2) is 9.89. The van der Waals surface area contributed by atoms with Crippen molar-refractivity contribution in [3.05, 3.63) is 59.3 Å². The molecule has 3 aromatic rings. The Morgan fingerprint density at radius 2 is 1.49 bits per heavy atom. The molecule has 10 heteroatoms. The summed E-state index contributed by atoms with van der Waals surface area (Å²) in [5.41, 5.74) is 1.03. The van der Waals surface area contributed by atoms with E-state index in [1.165, 1.54) is 10.6 Å². The number of methoxy groups -OCH3 is 1. The van der Waals surface area contributed by atoms with Crippen molar-refractivity contribution < 1.29 is 32.2 Å². The maximum Gasteiger partial charge on any atom is 0.419 e. The molecule has 1 aliphatic rings. The predicted octanol–water partition coefficient (Wildman–Crippen LogP) is 5.72. The van der Waals surface area contributed by atoms with Crippen LogP contribution < -0.4 is 4.74 Å². The van der Waals surface area contributed by atoms with E-state index in [1.807, 2.05) is 12.1 Å². The number of amides is 1. The zero-order chi connectivity index (χ0) is 28.9. The predicted molar refractivity (Wildman–Crippen MR) is 148 cm³/mol. The van der Waals surface area contributed by atoms with Gasteiger partial charge in [0.2, 0.25) is 0 Å². The third kappa shape index (κ3) is 5.90. The maximum absolute atomic E-state index is 13.7. The van der Waals surface area contributed by atoms with E-state index in [-0.39, 0.29) is 4.90 Å². The van der Waals surface area contributed by atoms with Crippen molar-refractivity contribution in [1.29, 1.82) is 0 Å². The van der Waals surface area contributed by atoms with Crippen LogP contribution in [-0.4, -0.2) is 61.2 Å². The first-order chi connectivity index (χ1) is 18.0. The maximum atomic E-state index is 13.7. The molecule has 0 bridgehead atoms. The molecular weight excluding hydrogens is 520 g/mol. The highest BCUT2D eigenvalue weighted by Gasteiger charge is 2.40. The van der Waals surface area contributed by atoms with Gasteiger partial charge in [-0.2, -0.15) is 0 Å². The lowest BCUT2D eigenvalue weighted by Gasteiger charge is -2.38. The molecular formula is C29H36N2O7S. The van der Waals surface area contributed by atoms with Crippen LogP contribution in [0.15, 0.2) is 47.4 Å². The van der Waals surface area contributed by atoms with E-state index in [2.05, 4.69) is 0 Å². The van der Waals surface area contributed by atoms with E-state index >= 15 is 0 Å². The van der Waals surface area contributed by atoms with Gasteiger partial charge in [0.1, 0.15) is 23.0 Å². The fourth-order valence-corrected chi connectivity index (χ4v) is 5.44. The zero-order valence-electron chi connectivity index (χ0n) is 23.7. The molecule has 9 nitrogen and oxygen atoms in total. The van der Waals surface area contributed by atoms with Gasteiger partial charge in [-0.25, -0.2) is 22.6 Å². The molecule has 4 rings (SSSR count). The van der Waals surface area contributed by atoms with Crippen molar-refractivity contribution in [3.63, 3.8) is 0 Å². The van der Waals surface area contributed by atoms with E-state index in [0.29, 0.717) is 35.3 Å². The Hall–Kier alpha value is -3.53. The molecule has 0 spiro atoms. The number of rotatable bonds is 3. The van der Waals surface area contributed by atoms with Crippen molar-refractivity contribution in [1.82, 2.24) is 9.47 Å². The number of sulfone groups is 1. The second-order valence-electron chi connectivity index (χ2n) is 11.7. The third-order valence-electron chi connectivity index (χ3n) is 6.32. The summed E-state index contributed by atoms with van der Waals surface area (Å²) in [6.07, 6.45) is 0.397. The summed E-state index contributed by atoms with van der Waals surface area (Å²) in [7, 11) is -1.93. The van der Waals surface area contributed by atoms with Gasteiger partial charge < -0.3 is 14.2 Å². The number of hydrogen-bond donors (Lipinski definition) is 0. The van der Waals surface area contributed by atoms with Crippen LogP contribution in [0.1, 0.15) is 64.4 Å². The van der Waals surface area contributed by atoms with Gasteiger partial charge in [-0.15, -0.1) is 0 Å². The van der Waals surface area contributed by atoms with Crippen LogP contribution in [0.5, 0.6) is 5.75 Å². The Labute approximate surface area is 229 Å². The Bertz CT molecular complexity index is 1520. The lowest BCUT2D eigenvalue weighted by Crippen LogP contribution is -2.44. The lowest BCUT2D eigenvalue weighted by molar-refractivity contribution is 0.0164. The molecule has 0 fully saturated rings. The van der Waals surface area contributed by atoms with Crippen molar-refractivity contribution in [2.75, 3.05) is 19.9 Å². The van der Waals surface area contributed by atoms with Gasteiger partial charge in [0.05, 0.1) is 23.2 Å². The van der Waals surface area contributed by atoms with E-state index in [9.17, 15) is 18.0 Å². The first-order valence-corrected chi connectivity index (χ1v) is 14.6. The van der Waals surface area contributed by atoms with Crippen molar-refractivity contribution in [2.45, 2.75) is 70.1 Å². The van der Waals surface area contributed by atoms with E-state index in [4.69, 9.17) is 14.2 Å². The highest BCUT2D eigenvalue weighted by atomic mass is 32.2. The number of fused-ring (bicyclic) bond motifs is 3. The standard InChI is InChI=1S/C29H36N2O7S/c1-28(2,3)37-26(32)30-16-15-21-22-17-20(39(8,34)35)13-14-23(22)31(27(33)38-29(4,5)6)25(21)24(30)18-9-11-19(36-7)12-10-18/h9-14,17,24H,15-16H2,1-8H3. The molecule has 2 heterocycles. The van der Waals surface area contributed by atoms with Gasteiger partial charge in [0.25, 0.3) is 0 Å². The lowest BCUT2D eigenvalue weighted by atomic mass is 9.92. The fourth-order valence-electron chi connectivity index (χ4n) is 4.79. The molecule has 39 heavy (non-hydrogen) atoms. The molecule has 1 unspecified atom stereocenters. The average molecular weight is 557 g/mol. The number of hydrogen-bond acceptors (Lipinski definition) is 7. The molecule has 0 saturated carbocycles. The number of carbonyl (C=O) groups is 2.